The first-order valence-corrected chi connectivity index (χ1v) is 9.13. The van der Waals surface area contributed by atoms with Crippen LogP contribution in [0.2, 0.25) is 5.02 Å². The van der Waals surface area contributed by atoms with Crippen molar-refractivity contribution in [3.8, 4) is 5.75 Å². The van der Waals surface area contributed by atoms with E-state index >= 15 is 0 Å². The van der Waals surface area contributed by atoms with Gasteiger partial charge in [0.25, 0.3) is 5.91 Å². The lowest BCUT2D eigenvalue weighted by Gasteiger charge is -2.27. The van der Waals surface area contributed by atoms with Gasteiger partial charge >= 0.3 is 0 Å². The zero-order chi connectivity index (χ0) is 19.6. The van der Waals surface area contributed by atoms with Crippen LogP contribution < -0.4 is 9.64 Å². The highest BCUT2D eigenvalue weighted by Crippen LogP contribution is 2.42. The Morgan fingerprint density at radius 1 is 1.19 bits per heavy atom. The molecule has 5 nitrogen and oxygen atoms in total. The number of Topliss-reactive ketones (excluding diaryl/α,β-unsaturated/α-hetero) is 1. The predicted molar refractivity (Wildman–Crippen MR) is 104 cm³/mol. The minimum absolute atomic E-state index is 0.0936. The molecule has 2 aromatic rings. The lowest BCUT2D eigenvalue weighted by atomic mass is 9.94. The molecule has 1 N–H and O–H groups in total. The molecule has 0 aromatic heterocycles. The monoisotopic (exact) mass is 385 g/mol. The van der Waals surface area contributed by atoms with Gasteiger partial charge < -0.3 is 9.84 Å². The quantitative estimate of drug-likeness (QED) is 0.788. The number of hydrogen-bond donors (Lipinski definition) is 1. The number of hydrogen-bond acceptors (Lipinski definition) is 4. The second-order valence-corrected chi connectivity index (χ2v) is 6.54. The molecule has 0 saturated heterocycles. The second-order valence-electron chi connectivity index (χ2n) is 6.10. The molecule has 1 unspecified atom stereocenters. The molecule has 1 aliphatic rings. The summed E-state index contributed by atoms with van der Waals surface area (Å²) in [7, 11) is 0. The summed E-state index contributed by atoms with van der Waals surface area (Å²) in [6.07, 6.45) is 0.178. The molecule has 140 valence electrons. The SMILES string of the molecule is CCOc1cccc(C2C(C(=O)CC)=C(O)C(=O)N2c2cccc(Cl)c2)c1. The van der Waals surface area contributed by atoms with Crippen molar-refractivity contribution in [3.05, 3.63) is 70.4 Å². The van der Waals surface area contributed by atoms with Gasteiger partial charge in [0.05, 0.1) is 18.2 Å². The van der Waals surface area contributed by atoms with E-state index in [9.17, 15) is 14.7 Å². The van der Waals surface area contributed by atoms with Gasteiger partial charge in [-0.15, -0.1) is 0 Å². The molecule has 0 spiro atoms. The van der Waals surface area contributed by atoms with Gasteiger partial charge in [-0.05, 0) is 42.8 Å². The maximum atomic E-state index is 12.8. The number of aliphatic hydroxyl groups is 1. The summed E-state index contributed by atoms with van der Waals surface area (Å²) in [5, 5.41) is 10.9. The van der Waals surface area contributed by atoms with Gasteiger partial charge in [0, 0.05) is 17.1 Å². The fourth-order valence-corrected chi connectivity index (χ4v) is 3.41. The Labute approximate surface area is 162 Å². The Hall–Kier alpha value is -2.79. The van der Waals surface area contributed by atoms with E-state index in [1.54, 1.807) is 55.5 Å². The zero-order valence-electron chi connectivity index (χ0n) is 15.1. The van der Waals surface area contributed by atoms with Crippen LogP contribution in [0.25, 0.3) is 0 Å². The van der Waals surface area contributed by atoms with Crippen LogP contribution in [-0.4, -0.2) is 23.4 Å². The molecule has 0 saturated carbocycles. The average molecular weight is 386 g/mol. The number of rotatable bonds is 6. The summed E-state index contributed by atoms with van der Waals surface area (Å²) < 4.78 is 5.55. The molecule has 0 aliphatic carbocycles. The molecule has 0 bridgehead atoms. The lowest BCUT2D eigenvalue weighted by molar-refractivity contribution is -0.118. The van der Waals surface area contributed by atoms with Crippen LogP contribution in [0.4, 0.5) is 5.69 Å². The summed E-state index contributed by atoms with van der Waals surface area (Å²) >= 11 is 6.09. The smallest absolute Gasteiger partial charge is 0.294 e. The number of anilines is 1. The normalized spacial score (nSPS) is 16.8. The van der Waals surface area contributed by atoms with E-state index in [0.29, 0.717) is 28.6 Å². The fraction of sp³-hybridized carbons (Fsp3) is 0.238. The van der Waals surface area contributed by atoms with Crippen molar-refractivity contribution < 1.29 is 19.4 Å². The standard InChI is InChI=1S/C21H20ClNO4/c1-3-17(24)18-19(13-7-5-10-16(11-13)27-4-2)23(21(26)20(18)25)15-9-6-8-14(22)12-15/h5-12,19,25H,3-4H2,1-2H3. The molecule has 1 amide bonds. The molecular formula is C21H20ClNO4. The zero-order valence-corrected chi connectivity index (χ0v) is 15.9. The second kappa shape index (κ2) is 7.84. The topological polar surface area (TPSA) is 66.8 Å². The van der Waals surface area contributed by atoms with Crippen LogP contribution in [0.15, 0.2) is 59.9 Å². The van der Waals surface area contributed by atoms with Gasteiger partial charge in [-0.1, -0.05) is 36.7 Å². The number of ether oxygens (including phenoxy) is 1. The first kappa shape index (κ1) is 19.0. The number of aliphatic hydroxyl groups excluding tert-OH is 1. The van der Waals surface area contributed by atoms with Gasteiger partial charge in [-0.3, -0.25) is 14.5 Å². The summed E-state index contributed by atoms with van der Waals surface area (Å²) in [5.74, 6) is -0.796. The number of amides is 1. The Balaban J connectivity index is 2.17. The van der Waals surface area contributed by atoms with Crippen LogP contribution in [0.1, 0.15) is 31.9 Å². The highest BCUT2D eigenvalue weighted by Gasteiger charge is 2.43. The van der Waals surface area contributed by atoms with E-state index in [4.69, 9.17) is 16.3 Å². The van der Waals surface area contributed by atoms with Gasteiger partial charge in [0.1, 0.15) is 5.75 Å². The van der Waals surface area contributed by atoms with E-state index in [0.717, 1.165) is 0 Å². The highest BCUT2D eigenvalue weighted by molar-refractivity contribution is 6.31. The van der Waals surface area contributed by atoms with Crippen molar-refractivity contribution in [2.24, 2.45) is 0 Å². The first-order chi connectivity index (χ1) is 13.0. The van der Waals surface area contributed by atoms with Crippen molar-refractivity contribution in [1.29, 1.82) is 0 Å². The van der Waals surface area contributed by atoms with Crippen molar-refractivity contribution in [1.82, 2.24) is 0 Å². The Morgan fingerprint density at radius 2 is 1.93 bits per heavy atom. The molecule has 0 fully saturated rings. The fourth-order valence-electron chi connectivity index (χ4n) is 3.23. The summed E-state index contributed by atoms with van der Waals surface area (Å²) in [4.78, 5) is 26.8. The first-order valence-electron chi connectivity index (χ1n) is 8.76. The predicted octanol–water partition coefficient (Wildman–Crippen LogP) is 4.62. The number of benzene rings is 2. The van der Waals surface area contributed by atoms with Crippen molar-refractivity contribution in [2.75, 3.05) is 11.5 Å². The maximum absolute atomic E-state index is 12.8. The van der Waals surface area contributed by atoms with Crippen LogP contribution in [0.5, 0.6) is 5.75 Å². The average Bonchev–Trinajstić information content (AvgIpc) is 2.93. The van der Waals surface area contributed by atoms with Gasteiger partial charge in [0.2, 0.25) is 0 Å². The molecule has 1 atom stereocenters. The Morgan fingerprint density at radius 3 is 2.59 bits per heavy atom. The number of nitrogens with zero attached hydrogens (tertiary/aromatic N) is 1. The number of carbonyl (C=O) groups excluding carboxylic acids is 2. The number of ketones is 1. The van der Waals surface area contributed by atoms with Crippen LogP contribution >= 0.6 is 11.6 Å². The van der Waals surface area contributed by atoms with Crippen LogP contribution in [-0.2, 0) is 9.59 Å². The van der Waals surface area contributed by atoms with E-state index in [-0.39, 0.29) is 17.8 Å². The van der Waals surface area contributed by atoms with E-state index in [2.05, 4.69) is 0 Å². The van der Waals surface area contributed by atoms with Gasteiger partial charge in [-0.2, -0.15) is 0 Å². The molecule has 1 heterocycles. The summed E-state index contributed by atoms with van der Waals surface area (Å²) in [6, 6.07) is 13.2. The minimum atomic E-state index is -0.746. The molecular weight excluding hydrogens is 366 g/mol. The molecule has 1 aliphatic heterocycles. The van der Waals surface area contributed by atoms with Gasteiger partial charge in [0.15, 0.2) is 11.5 Å². The summed E-state index contributed by atoms with van der Waals surface area (Å²) in [6.45, 7) is 4.07. The Kier molecular flexibility index (Phi) is 5.51. The highest BCUT2D eigenvalue weighted by atomic mass is 35.5. The molecule has 3 rings (SSSR count). The van der Waals surface area contributed by atoms with Crippen molar-refractivity contribution in [2.45, 2.75) is 26.3 Å². The lowest BCUT2D eigenvalue weighted by Crippen LogP contribution is -2.31. The van der Waals surface area contributed by atoms with E-state index < -0.39 is 17.7 Å². The molecule has 2 aromatic carbocycles. The number of halogens is 1. The molecule has 27 heavy (non-hydrogen) atoms. The van der Waals surface area contributed by atoms with Crippen molar-refractivity contribution in [3.63, 3.8) is 0 Å². The maximum Gasteiger partial charge on any atom is 0.294 e. The Bertz CT molecular complexity index is 922. The van der Waals surface area contributed by atoms with Crippen molar-refractivity contribution >= 4 is 29.0 Å². The van der Waals surface area contributed by atoms with Crippen LogP contribution in [0, 0.1) is 0 Å². The largest absolute Gasteiger partial charge is 0.503 e. The third-order valence-electron chi connectivity index (χ3n) is 4.40. The summed E-state index contributed by atoms with van der Waals surface area (Å²) in [5.41, 5.74) is 1.27. The van der Waals surface area contributed by atoms with Crippen LogP contribution in [0.3, 0.4) is 0 Å². The third-order valence-corrected chi connectivity index (χ3v) is 4.64. The minimum Gasteiger partial charge on any atom is -0.503 e. The van der Waals surface area contributed by atoms with Gasteiger partial charge in [-0.25, -0.2) is 0 Å². The molecule has 0 radical (unpaired) electrons. The molecule has 6 heteroatoms. The van der Waals surface area contributed by atoms with E-state index in [1.807, 2.05) is 6.92 Å². The number of carbonyl (C=O) groups is 2. The third kappa shape index (κ3) is 3.55. The van der Waals surface area contributed by atoms with E-state index in [1.165, 1.54) is 4.90 Å².